The number of rotatable bonds is 1. The fraction of sp³-hybridized carbons (Fsp3) is 0.867. The van der Waals surface area contributed by atoms with E-state index in [0.717, 1.165) is 29.6 Å². The minimum absolute atomic E-state index is 0.707. The van der Waals surface area contributed by atoms with E-state index in [1.807, 2.05) is 0 Å². The van der Waals surface area contributed by atoms with E-state index in [1.165, 1.54) is 25.7 Å². The zero-order chi connectivity index (χ0) is 10.8. The van der Waals surface area contributed by atoms with E-state index in [4.69, 9.17) is 0 Å². The van der Waals surface area contributed by atoms with E-state index in [-0.39, 0.29) is 0 Å². The molecule has 3 aliphatic carbocycles. The summed E-state index contributed by atoms with van der Waals surface area (Å²) in [6.45, 7) is 11.7. The number of fused-ring (bicyclic) bond motifs is 4. The van der Waals surface area contributed by atoms with Gasteiger partial charge in [0.15, 0.2) is 0 Å². The fourth-order valence-corrected chi connectivity index (χ4v) is 5.27. The maximum atomic E-state index is 4.32. The molecule has 0 spiro atoms. The number of allylic oxidation sites excluding steroid dienone is 1. The predicted octanol–water partition coefficient (Wildman–Crippen LogP) is 4.27. The molecule has 3 rings (SSSR count). The standard InChI is InChI=1S/C15H24/c1-9(2)11-7-8-15(4)12-6-5-10(3)13(12)14(11)15/h9,11-14H,3,5-8H2,1-2,4H3/t11-,12+,13-,14+,15-/m0/s1. The quantitative estimate of drug-likeness (QED) is 0.559. The zero-order valence-corrected chi connectivity index (χ0v) is 10.4. The van der Waals surface area contributed by atoms with E-state index >= 15 is 0 Å². The molecule has 5 atom stereocenters. The molecular weight excluding hydrogens is 180 g/mol. The van der Waals surface area contributed by atoms with Gasteiger partial charge in [-0.15, -0.1) is 0 Å². The first kappa shape index (κ1) is 9.93. The Kier molecular flexibility index (Phi) is 1.92. The Hall–Kier alpha value is -0.260. The van der Waals surface area contributed by atoms with Gasteiger partial charge in [0, 0.05) is 0 Å². The van der Waals surface area contributed by atoms with Crippen LogP contribution < -0.4 is 0 Å². The molecule has 0 unspecified atom stereocenters. The smallest absolute Gasteiger partial charge is 0.0136 e. The van der Waals surface area contributed by atoms with Crippen LogP contribution in [0.25, 0.3) is 0 Å². The molecule has 0 heterocycles. The topological polar surface area (TPSA) is 0 Å². The molecule has 0 heteroatoms. The SMILES string of the molecule is C=C1CC[C@@H]2[C@H]1[C@H]1[C@H](C(C)C)CC[C@]12C. The largest absolute Gasteiger partial charge is 0.0996 e. The van der Waals surface area contributed by atoms with Gasteiger partial charge in [0.05, 0.1) is 0 Å². The van der Waals surface area contributed by atoms with Crippen molar-refractivity contribution in [1.82, 2.24) is 0 Å². The van der Waals surface area contributed by atoms with Crippen LogP contribution in [-0.4, -0.2) is 0 Å². The van der Waals surface area contributed by atoms with Crippen LogP contribution in [0.4, 0.5) is 0 Å². The molecule has 0 aromatic carbocycles. The Labute approximate surface area is 94.1 Å². The molecular formula is C15H24. The number of hydrogen-bond donors (Lipinski definition) is 0. The average Bonchev–Trinajstić information content (AvgIpc) is 2.62. The second kappa shape index (κ2) is 2.90. The summed E-state index contributed by atoms with van der Waals surface area (Å²) in [5.41, 5.74) is 2.30. The second-order valence-corrected chi connectivity index (χ2v) is 6.81. The summed E-state index contributed by atoms with van der Waals surface area (Å²) in [6.07, 6.45) is 5.75. The van der Waals surface area contributed by atoms with Crippen molar-refractivity contribution in [3.63, 3.8) is 0 Å². The van der Waals surface area contributed by atoms with Crippen molar-refractivity contribution >= 4 is 0 Å². The van der Waals surface area contributed by atoms with Crippen LogP contribution in [0, 0.1) is 35.0 Å². The fourth-order valence-electron chi connectivity index (χ4n) is 5.27. The van der Waals surface area contributed by atoms with Crippen LogP contribution in [0.3, 0.4) is 0 Å². The molecule has 0 radical (unpaired) electrons. The third-order valence-corrected chi connectivity index (χ3v) is 6.01. The van der Waals surface area contributed by atoms with Gasteiger partial charge in [-0.05, 0) is 60.7 Å². The van der Waals surface area contributed by atoms with Crippen molar-refractivity contribution in [2.45, 2.75) is 46.5 Å². The zero-order valence-electron chi connectivity index (χ0n) is 10.4. The molecule has 0 amide bonds. The minimum Gasteiger partial charge on any atom is -0.0996 e. The molecule has 3 aliphatic rings. The van der Waals surface area contributed by atoms with E-state index in [2.05, 4.69) is 27.4 Å². The number of hydrogen-bond acceptors (Lipinski definition) is 0. The molecule has 84 valence electrons. The highest BCUT2D eigenvalue weighted by molar-refractivity contribution is 5.25. The highest BCUT2D eigenvalue weighted by Crippen LogP contribution is 2.73. The van der Waals surface area contributed by atoms with Gasteiger partial charge in [-0.25, -0.2) is 0 Å². The van der Waals surface area contributed by atoms with Gasteiger partial charge in [-0.1, -0.05) is 32.9 Å². The van der Waals surface area contributed by atoms with Gasteiger partial charge in [-0.2, -0.15) is 0 Å². The Morgan fingerprint density at radius 2 is 2.07 bits per heavy atom. The van der Waals surface area contributed by atoms with Gasteiger partial charge in [0.25, 0.3) is 0 Å². The minimum atomic E-state index is 0.707. The van der Waals surface area contributed by atoms with Gasteiger partial charge in [0.2, 0.25) is 0 Å². The van der Waals surface area contributed by atoms with Crippen LogP contribution in [-0.2, 0) is 0 Å². The molecule has 3 saturated carbocycles. The molecule has 15 heavy (non-hydrogen) atoms. The van der Waals surface area contributed by atoms with E-state index in [9.17, 15) is 0 Å². The summed E-state index contributed by atoms with van der Waals surface area (Å²) in [5, 5.41) is 0. The third-order valence-electron chi connectivity index (χ3n) is 6.01. The maximum Gasteiger partial charge on any atom is -0.0136 e. The average molecular weight is 204 g/mol. The summed E-state index contributed by atoms with van der Waals surface area (Å²) in [5.74, 6) is 4.80. The Morgan fingerprint density at radius 1 is 1.33 bits per heavy atom. The van der Waals surface area contributed by atoms with Gasteiger partial charge < -0.3 is 0 Å². The van der Waals surface area contributed by atoms with Crippen LogP contribution in [0.2, 0.25) is 0 Å². The van der Waals surface area contributed by atoms with E-state index in [1.54, 1.807) is 5.57 Å². The van der Waals surface area contributed by atoms with Gasteiger partial charge in [0.1, 0.15) is 0 Å². The lowest BCUT2D eigenvalue weighted by Crippen LogP contribution is -2.52. The Morgan fingerprint density at radius 3 is 2.73 bits per heavy atom. The van der Waals surface area contributed by atoms with Crippen molar-refractivity contribution in [3.8, 4) is 0 Å². The normalized spacial score (nSPS) is 52.9. The second-order valence-electron chi connectivity index (χ2n) is 6.81. The summed E-state index contributed by atoms with van der Waals surface area (Å²) in [4.78, 5) is 0. The molecule has 0 saturated heterocycles. The lowest BCUT2D eigenvalue weighted by atomic mass is 9.47. The van der Waals surface area contributed by atoms with Crippen LogP contribution in [0.15, 0.2) is 12.2 Å². The first-order valence-corrected chi connectivity index (χ1v) is 6.73. The molecule has 0 aromatic heterocycles. The summed E-state index contributed by atoms with van der Waals surface area (Å²) in [7, 11) is 0. The van der Waals surface area contributed by atoms with Crippen molar-refractivity contribution in [3.05, 3.63) is 12.2 Å². The Balaban J connectivity index is 1.91. The molecule has 0 N–H and O–H groups in total. The van der Waals surface area contributed by atoms with Crippen molar-refractivity contribution in [2.75, 3.05) is 0 Å². The Bertz CT molecular complexity index is 301. The highest BCUT2D eigenvalue weighted by Gasteiger charge is 2.66. The predicted molar refractivity (Wildman–Crippen MR) is 64.5 cm³/mol. The van der Waals surface area contributed by atoms with Gasteiger partial charge in [-0.3, -0.25) is 0 Å². The van der Waals surface area contributed by atoms with Crippen LogP contribution >= 0.6 is 0 Å². The first-order chi connectivity index (χ1) is 7.05. The lowest BCUT2D eigenvalue weighted by molar-refractivity contribution is -0.0770. The summed E-state index contributed by atoms with van der Waals surface area (Å²) < 4.78 is 0. The first-order valence-electron chi connectivity index (χ1n) is 6.73. The lowest BCUT2D eigenvalue weighted by Gasteiger charge is -2.57. The van der Waals surface area contributed by atoms with Crippen molar-refractivity contribution < 1.29 is 0 Å². The third kappa shape index (κ3) is 1.04. The molecule has 3 fully saturated rings. The van der Waals surface area contributed by atoms with Crippen molar-refractivity contribution in [1.29, 1.82) is 0 Å². The maximum absolute atomic E-state index is 4.32. The van der Waals surface area contributed by atoms with E-state index < -0.39 is 0 Å². The molecule has 0 aliphatic heterocycles. The van der Waals surface area contributed by atoms with E-state index in [0.29, 0.717) is 5.41 Å². The summed E-state index contributed by atoms with van der Waals surface area (Å²) in [6, 6.07) is 0. The van der Waals surface area contributed by atoms with Crippen LogP contribution in [0.5, 0.6) is 0 Å². The molecule has 0 bridgehead atoms. The van der Waals surface area contributed by atoms with Gasteiger partial charge >= 0.3 is 0 Å². The van der Waals surface area contributed by atoms with Crippen LogP contribution in [0.1, 0.15) is 46.5 Å². The molecule has 0 aromatic rings. The monoisotopic (exact) mass is 204 g/mol. The summed E-state index contributed by atoms with van der Waals surface area (Å²) >= 11 is 0. The molecule has 0 nitrogen and oxygen atoms in total. The highest BCUT2D eigenvalue weighted by atomic mass is 14.7. The van der Waals surface area contributed by atoms with Crippen molar-refractivity contribution in [2.24, 2.45) is 35.0 Å².